The highest BCUT2D eigenvalue weighted by Gasteiger charge is 2.21. The number of nitrogens with one attached hydrogen (secondary N) is 1. The third-order valence-electron chi connectivity index (χ3n) is 1.61. The van der Waals surface area contributed by atoms with Crippen molar-refractivity contribution < 1.29 is 4.92 Å². The number of halogens is 1. The molecule has 0 aliphatic rings. The Labute approximate surface area is 90.8 Å². The number of nitro groups is 1. The lowest BCUT2D eigenvalue weighted by atomic mass is 10.4. The van der Waals surface area contributed by atoms with Gasteiger partial charge < -0.3 is 11.1 Å². The van der Waals surface area contributed by atoms with Crippen LogP contribution in [-0.2, 0) is 0 Å². The van der Waals surface area contributed by atoms with Crippen molar-refractivity contribution in [3.8, 4) is 0 Å². The Kier molecular flexibility index (Phi) is 3.62. The Morgan fingerprint density at radius 1 is 1.60 bits per heavy atom. The van der Waals surface area contributed by atoms with E-state index >= 15 is 0 Å². The summed E-state index contributed by atoms with van der Waals surface area (Å²) in [5.74, 6) is -0.182. The molecule has 0 bridgehead atoms. The van der Waals surface area contributed by atoms with Gasteiger partial charge in [0.2, 0.25) is 16.9 Å². The summed E-state index contributed by atoms with van der Waals surface area (Å²) in [5.41, 5.74) is 5.04. The van der Waals surface area contributed by atoms with Gasteiger partial charge in [-0.15, -0.1) is 0 Å². The van der Waals surface area contributed by atoms with Crippen LogP contribution in [0.2, 0.25) is 5.28 Å². The van der Waals surface area contributed by atoms with E-state index in [1.54, 1.807) is 0 Å². The van der Waals surface area contributed by atoms with Gasteiger partial charge in [-0.3, -0.25) is 10.1 Å². The standard InChI is InChI=1S/C7H10ClN5O2/c1-2-3-10-6-4(13(14)15)5(9)11-7(8)12-6/h2-3H2,1H3,(H3,9,10,11,12). The minimum Gasteiger partial charge on any atom is -0.378 e. The molecule has 0 unspecified atom stereocenters. The average molecular weight is 232 g/mol. The number of anilines is 2. The van der Waals surface area contributed by atoms with Crippen molar-refractivity contribution in [3.63, 3.8) is 0 Å². The van der Waals surface area contributed by atoms with E-state index in [0.717, 1.165) is 6.42 Å². The summed E-state index contributed by atoms with van der Waals surface area (Å²) < 4.78 is 0. The van der Waals surface area contributed by atoms with Crippen LogP contribution in [0.1, 0.15) is 13.3 Å². The minimum atomic E-state index is -0.635. The lowest BCUT2D eigenvalue weighted by Crippen LogP contribution is -2.09. The van der Waals surface area contributed by atoms with Crippen LogP contribution < -0.4 is 11.1 Å². The van der Waals surface area contributed by atoms with E-state index in [2.05, 4.69) is 15.3 Å². The first-order chi connectivity index (χ1) is 7.06. The Morgan fingerprint density at radius 3 is 2.80 bits per heavy atom. The zero-order valence-corrected chi connectivity index (χ0v) is 8.78. The van der Waals surface area contributed by atoms with E-state index in [4.69, 9.17) is 17.3 Å². The average Bonchev–Trinajstić information content (AvgIpc) is 2.12. The molecule has 0 aromatic carbocycles. The van der Waals surface area contributed by atoms with Gasteiger partial charge in [0.1, 0.15) is 0 Å². The fourth-order valence-electron chi connectivity index (χ4n) is 0.991. The molecule has 0 radical (unpaired) electrons. The van der Waals surface area contributed by atoms with Gasteiger partial charge in [-0.1, -0.05) is 6.92 Å². The predicted molar refractivity (Wildman–Crippen MR) is 56.9 cm³/mol. The smallest absolute Gasteiger partial charge is 0.353 e. The van der Waals surface area contributed by atoms with Gasteiger partial charge in [0.15, 0.2) is 0 Å². The molecule has 0 aliphatic carbocycles. The first-order valence-electron chi connectivity index (χ1n) is 4.27. The van der Waals surface area contributed by atoms with Crippen molar-refractivity contribution in [3.05, 3.63) is 15.4 Å². The fraction of sp³-hybridized carbons (Fsp3) is 0.429. The van der Waals surface area contributed by atoms with Crippen LogP contribution >= 0.6 is 11.6 Å². The maximum absolute atomic E-state index is 10.7. The van der Waals surface area contributed by atoms with Crippen LogP contribution in [0, 0.1) is 10.1 Å². The molecule has 0 amide bonds. The zero-order chi connectivity index (χ0) is 11.4. The molecule has 3 N–H and O–H groups in total. The Bertz CT molecular complexity index is 384. The van der Waals surface area contributed by atoms with Crippen LogP contribution in [0.5, 0.6) is 0 Å². The summed E-state index contributed by atoms with van der Waals surface area (Å²) in [6.07, 6.45) is 0.804. The van der Waals surface area contributed by atoms with Gasteiger partial charge in [-0.2, -0.15) is 9.97 Å². The van der Waals surface area contributed by atoms with Gasteiger partial charge in [0.25, 0.3) is 0 Å². The molecule has 0 saturated carbocycles. The predicted octanol–water partition coefficient (Wildman–Crippen LogP) is 1.44. The second-order valence-electron chi connectivity index (χ2n) is 2.76. The topological polar surface area (TPSA) is 107 Å². The molecule has 1 aromatic rings. The largest absolute Gasteiger partial charge is 0.378 e. The highest BCUT2D eigenvalue weighted by atomic mass is 35.5. The second kappa shape index (κ2) is 4.74. The third-order valence-corrected chi connectivity index (χ3v) is 1.78. The number of rotatable bonds is 4. The molecule has 0 spiro atoms. The summed E-state index contributed by atoms with van der Waals surface area (Å²) in [6.45, 7) is 2.47. The molecule has 0 aliphatic heterocycles. The van der Waals surface area contributed by atoms with Gasteiger partial charge in [0, 0.05) is 6.54 Å². The zero-order valence-electron chi connectivity index (χ0n) is 8.03. The number of hydrogen-bond donors (Lipinski definition) is 2. The first-order valence-corrected chi connectivity index (χ1v) is 4.65. The second-order valence-corrected chi connectivity index (χ2v) is 3.10. The highest BCUT2D eigenvalue weighted by molar-refractivity contribution is 6.28. The first kappa shape index (κ1) is 11.4. The maximum atomic E-state index is 10.7. The Hall–Kier alpha value is -1.63. The molecule has 15 heavy (non-hydrogen) atoms. The maximum Gasteiger partial charge on any atom is 0.353 e. The van der Waals surface area contributed by atoms with E-state index in [-0.39, 0.29) is 22.6 Å². The van der Waals surface area contributed by atoms with Crippen LogP contribution in [0.4, 0.5) is 17.3 Å². The van der Waals surface area contributed by atoms with E-state index in [9.17, 15) is 10.1 Å². The molecule has 1 heterocycles. The van der Waals surface area contributed by atoms with E-state index in [1.807, 2.05) is 6.92 Å². The van der Waals surface area contributed by atoms with Crippen molar-refractivity contribution in [2.24, 2.45) is 0 Å². The molecule has 1 rings (SSSR count). The van der Waals surface area contributed by atoms with E-state index < -0.39 is 4.92 Å². The van der Waals surface area contributed by atoms with E-state index in [0.29, 0.717) is 6.54 Å². The number of hydrogen-bond acceptors (Lipinski definition) is 6. The molecule has 82 valence electrons. The summed E-state index contributed by atoms with van der Waals surface area (Å²) in [6, 6.07) is 0. The SMILES string of the molecule is CCCNc1nc(Cl)nc(N)c1[N+](=O)[O-]. The molecule has 0 fully saturated rings. The summed E-state index contributed by atoms with van der Waals surface area (Å²) >= 11 is 5.54. The van der Waals surface area contributed by atoms with Crippen LogP contribution in [0.25, 0.3) is 0 Å². The molecule has 0 saturated heterocycles. The number of nitrogens with zero attached hydrogens (tertiary/aromatic N) is 3. The highest BCUT2D eigenvalue weighted by Crippen LogP contribution is 2.28. The van der Waals surface area contributed by atoms with Gasteiger partial charge in [-0.25, -0.2) is 0 Å². The van der Waals surface area contributed by atoms with Crippen molar-refractivity contribution >= 4 is 28.9 Å². The third kappa shape index (κ3) is 2.66. The Balaban J connectivity index is 3.14. The monoisotopic (exact) mass is 231 g/mol. The van der Waals surface area contributed by atoms with Gasteiger partial charge in [0.05, 0.1) is 4.92 Å². The summed E-state index contributed by atoms with van der Waals surface area (Å²) in [4.78, 5) is 17.3. The molecule has 7 nitrogen and oxygen atoms in total. The number of nitrogen functional groups attached to an aromatic ring is 1. The fourth-order valence-corrected chi connectivity index (χ4v) is 1.17. The summed E-state index contributed by atoms with van der Waals surface area (Å²) in [7, 11) is 0. The number of aromatic nitrogens is 2. The lowest BCUT2D eigenvalue weighted by Gasteiger charge is -2.05. The number of nitrogens with two attached hydrogens (primary N) is 1. The normalized spacial score (nSPS) is 10.0. The molecule has 0 atom stereocenters. The molecule has 8 heteroatoms. The van der Waals surface area contributed by atoms with Crippen molar-refractivity contribution in [1.29, 1.82) is 0 Å². The minimum absolute atomic E-state index is 0.0550. The quantitative estimate of drug-likeness (QED) is 0.461. The molecule has 1 aromatic heterocycles. The Morgan fingerprint density at radius 2 is 2.27 bits per heavy atom. The lowest BCUT2D eigenvalue weighted by molar-refractivity contribution is -0.383. The van der Waals surface area contributed by atoms with Crippen molar-refractivity contribution in [2.75, 3.05) is 17.6 Å². The molecular weight excluding hydrogens is 222 g/mol. The van der Waals surface area contributed by atoms with Gasteiger partial charge in [-0.05, 0) is 18.0 Å². The van der Waals surface area contributed by atoms with Crippen LogP contribution in [0.15, 0.2) is 0 Å². The van der Waals surface area contributed by atoms with Crippen molar-refractivity contribution in [1.82, 2.24) is 9.97 Å². The summed E-state index contributed by atoms with van der Waals surface area (Å²) in [5, 5.41) is 13.3. The van der Waals surface area contributed by atoms with Crippen molar-refractivity contribution in [2.45, 2.75) is 13.3 Å². The van der Waals surface area contributed by atoms with Crippen LogP contribution in [-0.4, -0.2) is 21.4 Å². The van der Waals surface area contributed by atoms with E-state index in [1.165, 1.54) is 0 Å². The molecular formula is C7H10ClN5O2. The van der Waals surface area contributed by atoms with Gasteiger partial charge >= 0.3 is 5.69 Å². The van der Waals surface area contributed by atoms with Crippen LogP contribution in [0.3, 0.4) is 0 Å².